The minimum atomic E-state index is 0.692. The van der Waals surface area contributed by atoms with Gasteiger partial charge in [-0.2, -0.15) is 0 Å². The second-order valence-corrected chi connectivity index (χ2v) is 7.52. The first-order valence-corrected chi connectivity index (χ1v) is 9.31. The van der Waals surface area contributed by atoms with Crippen LogP contribution >= 0.6 is 0 Å². The minimum Gasteiger partial charge on any atom is -0.494 e. The molecule has 0 spiro atoms. The van der Waals surface area contributed by atoms with Crippen molar-refractivity contribution in [1.29, 1.82) is 0 Å². The quantitative estimate of drug-likeness (QED) is 0.814. The van der Waals surface area contributed by atoms with Gasteiger partial charge in [0.15, 0.2) is 0 Å². The van der Waals surface area contributed by atoms with Crippen LogP contribution in [0.1, 0.15) is 56.9 Å². The summed E-state index contributed by atoms with van der Waals surface area (Å²) >= 11 is 0. The number of piperidine rings is 1. The van der Waals surface area contributed by atoms with Crippen molar-refractivity contribution in [2.75, 3.05) is 19.7 Å². The maximum atomic E-state index is 5.84. The van der Waals surface area contributed by atoms with Gasteiger partial charge in [0, 0.05) is 6.04 Å². The lowest BCUT2D eigenvalue weighted by atomic mass is 9.86. The summed E-state index contributed by atoms with van der Waals surface area (Å²) in [5.41, 5.74) is 1.44. The summed E-state index contributed by atoms with van der Waals surface area (Å²) in [6, 6.07) is 9.60. The van der Waals surface area contributed by atoms with E-state index < -0.39 is 0 Å². The number of benzene rings is 1. The van der Waals surface area contributed by atoms with Gasteiger partial charge in [0.25, 0.3) is 0 Å². The molecular formula is C20H29NO. The fourth-order valence-electron chi connectivity index (χ4n) is 5.31. The maximum absolute atomic E-state index is 5.84. The van der Waals surface area contributed by atoms with E-state index in [2.05, 4.69) is 36.1 Å². The molecule has 22 heavy (non-hydrogen) atoms. The molecule has 3 atom stereocenters. The Balaban J connectivity index is 1.40. The van der Waals surface area contributed by atoms with Crippen LogP contribution < -0.4 is 4.74 Å². The summed E-state index contributed by atoms with van der Waals surface area (Å²) in [4.78, 5) is 2.82. The number of hydrogen-bond acceptors (Lipinski definition) is 2. The molecule has 1 heterocycles. The molecule has 0 N–H and O–H groups in total. The molecule has 120 valence electrons. The average molecular weight is 299 g/mol. The van der Waals surface area contributed by atoms with E-state index in [9.17, 15) is 0 Å². The number of para-hydroxylation sites is 1. The van der Waals surface area contributed by atoms with Crippen molar-refractivity contribution in [3.63, 3.8) is 0 Å². The fourth-order valence-corrected chi connectivity index (χ4v) is 5.31. The number of rotatable bonds is 4. The van der Waals surface area contributed by atoms with Crippen molar-refractivity contribution in [2.24, 2.45) is 11.8 Å². The van der Waals surface area contributed by atoms with Gasteiger partial charge in [0.05, 0.1) is 6.61 Å². The van der Waals surface area contributed by atoms with Gasteiger partial charge < -0.3 is 9.64 Å². The van der Waals surface area contributed by atoms with Crippen molar-refractivity contribution < 1.29 is 4.74 Å². The molecule has 0 aromatic heterocycles. The highest BCUT2D eigenvalue weighted by Crippen LogP contribution is 2.47. The van der Waals surface area contributed by atoms with Crippen LogP contribution in [0, 0.1) is 11.8 Å². The smallest absolute Gasteiger partial charge is 0.122 e. The zero-order valence-electron chi connectivity index (χ0n) is 13.8. The molecule has 2 saturated carbocycles. The van der Waals surface area contributed by atoms with Crippen LogP contribution in [-0.2, 0) is 0 Å². The number of ether oxygens (including phenoxy) is 1. The lowest BCUT2D eigenvalue weighted by Crippen LogP contribution is -2.43. The van der Waals surface area contributed by atoms with Gasteiger partial charge in [-0.05, 0) is 81.5 Å². The van der Waals surface area contributed by atoms with E-state index in [1.807, 2.05) is 0 Å². The van der Waals surface area contributed by atoms with Gasteiger partial charge in [-0.1, -0.05) is 24.6 Å². The molecule has 2 nitrogen and oxygen atoms in total. The Bertz CT molecular complexity index is 506. The molecule has 1 aromatic carbocycles. The molecule has 1 aliphatic heterocycles. The van der Waals surface area contributed by atoms with E-state index in [1.54, 1.807) is 0 Å². The summed E-state index contributed by atoms with van der Waals surface area (Å²) in [6.45, 7) is 5.42. The highest BCUT2D eigenvalue weighted by atomic mass is 16.5. The first-order valence-electron chi connectivity index (χ1n) is 9.31. The number of fused-ring (bicyclic) bond motifs is 2. The molecule has 3 aliphatic rings. The van der Waals surface area contributed by atoms with Gasteiger partial charge in [-0.25, -0.2) is 0 Å². The van der Waals surface area contributed by atoms with Gasteiger partial charge in [-0.3, -0.25) is 0 Å². The van der Waals surface area contributed by atoms with Crippen LogP contribution in [0.15, 0.2) is 24.3 Å². The normalized spacial score (nSPS) is 32.5. The Morgan fingerprint density at radius 1 is 1.05 bits per heavy atom. The van der Waals surface area contributed by atoms with E-state index in [-0.39, 0.29) is 0 Å². The molecule has 2 bridgehead atoms. The predicted molar refractivity (Wildman–Crippen MR) is 90.4 cm³/mol. The Morgan fingerprint density at radius 2 is 1.86 bits per heavy atom. The third-order valence-electron chi connectivity index (χ3n) is 6.36. The van der Waals surface area contributed by atoms with Crippen LogP contribution in [-0.4, -0.2) is 30.6 Å². The van der Waals surface area contributed by atoms with Crippen LogP contribution in [0.2, 0.25) is 0 Å². The van der Waals surface area contributed by atoms with E-state index in [0.717, 1.165) is 30.2 Å². The summed E-state index contributed by atoms with van der Waals surface area (Å²) in [6.07, 6.45) is 8.64. The molecule has 2 aliphatic carbocycles. The molecule has 1 saturated heterocycles. The maximum Gasteiger partial charge on any atom is 0.122 e. The Morgan fingerprint density at radius 3 is 2.55 bits per heavy atom. The lowest BCUT2D eigenvalue weighted by molar-refractivity contribution is 0.110. The molecule has 1 aromatic rings. The Hall–Kier alpha value is -1.02. The minimum absolute atomic E-state index is 0.692. The SMILES string of the molecule is CCOc1ccccc1C1CCN([C@H]2C[C@H]3CCC2C3)CC1. The van der Waals surface area contributed by atoms with E-state index in [4.69, 9.17) is 4.74 Å². The zero-order valence-corrected chi connectivity index (χ0v) is 13.8. The molecule has 2 heteroatoms. The first-order chi connectivity index (χ1) is 10.8. The fraction of sp³-hybridized carbons (Fsp3) is 0.700. The van der Waals surface area contributed by atoms with Crippen LogP contribution in [0.5, 0.6) is 5.75 Å². The molecule has 0 amide bonds. The first kappa shape index (κ1) is 14.6. The summed E-state index contributed by atoms with van der Waals surface area (Å²) < 4.78 is 5.84. The third kappa shape index (κ3) is 2.67. The van der Waals surface area contributed by atoms with E-state index >= 15 is 0 Å². The second-order valence-electron chi connectivity index (χ2n) is 7.52. The molecular weight excluding hydrogens is 270 g/mol. The van der Waals surface area contributed by atoms with Crippen molar-refractivity contribution in [3.8, 4) is 5.75 Å². The van der Waals surface area contributed by atoms with Gasteiger partial charge >= 0.3 is 0 Å². The summed E-state index contributed by atoms with van der Waals surface area (Å²) in [5, 5.41) is 0. The van der Waals surface area contributed by atoms with E-state index in [0.29, 0.717) is 5.92 Å². The number of likely N-dealkylation sites (tertiary alicyclic amines) is 1. The number of hydrogen-bond donors (Lipinski definition) is 0. The van der Waals surface area contributed by atoms with Crippen molar-refractivity contribution in [1.82, 2.24) is 4.90 Å². The van der Waals surface area contributed by atoms with Crippen molar-refractivity contribution in [2.45, 2.75) is 57.4 Å². The highest BCUT2D eigenvalue weighted by molar-refractivity contribution is 5.36. The highest BCUT2D eigenvalue weighted by Gasteiger charge is 2.42. The largest absolute Gasteiger partial charge is 0.494 e. The Labute approximate surface area is 134 Å². The summed E-state index contributed by atoms with van der Waals surface area (Å²) in [5.74, 6) is 3.89. The van der Waals surface area contributed by atoms with E-state index in [1.165, 1.54) is 57.2 Å². The van der Waals surface area contributed by atoms with Gasteiger partial charge in [0.1, 0.15) is 5.75 Å². The average Bonchev–Trinajstić information content (AvgIpc) is 3.19. The van der Waals surface area contributed by atoms with Crippen molar-refractivity contribution >= 4 is 0 Å². The molecule has 0 radical (unpaired) electrons. The Kier molecular flexibility index (Phi) is 4.13. The van der Waals surface area contributed by atoms with Crippen LogP contribution in [0.3, 0.4) is 0 Å². The topological polar surface area (TPSA) is 12.5 Å². The van der Waals surface area contributed by atoms with Gasteiger partial charge in [0.2, 0.25) is 0 Å². The molecule has 3 fully saturated rings. The van der Waals surface area contributed by atoms with Crippen LogP contribution in [0.25, 0.3) is 0 Å². The van der Waals surface area contributed by atoms with Crippen LogP contribution in [0.4, 0.5) is 0 Å². The van der Waals surface area contributed by atoms with Gasteiger partial charge in [-0.15, -0.1) is 0 Å². The second kappa shape index (κ2) is 6.23. The monoisotopic (exact) mass is 299 g/mol. The molecule has 4 rings (SSSR count). The molecule has 1 unspecified atom stereocenters. The van der Waals surface area contributed by atoms with Crippen molar-refractivity contribution in [3.05, 3.63) is 29.8 Å². The standard InChI is InChI=1S/C20H29NO/c1-2-22-20-6-4-3-5-18(20)16-9-11-21(12-10-16)19-14-15-7-8-17(19)13-15/h3-6,15-17,19H,2,7-14H2,1H3/t15-,17?,19-/m0/s1. The number of nitrogens with zero attached hydrogens (tertiary/aromatic N) is 1. The third-order valence-corrected chi connectivity index (χ3v) is 6.36. The lowest BCUT2D eigenvalue weighted by Gasteiger charge is -2.40. The predicted octanol–water partition coefficient (Wildman–Crippen LogP) is 4.45. The summed E-state index contributed by atoms with van der Waals surface area (Å²) in [7, 11) is 0. The zero-order chi connectivity index (χ0) is 14.9.